The molecule has 0 fully saturated rings. The van der Waals surface area contributed by atoms with Gasteiger partial charge in [0.2, 0.25) is 0 Å². The minimum absolute atomic E-state index is 0.207. The molecule has 0 unspecified atom stereocenters. The first-order valence-corrected chi connectivity index (χ1v) is 20.6. The molecule has 8 aromatic carbocycles. The van der Waals surface area contributed by atoms with Crippen molar-refractivity contribution in [3.63, 3.8) is 0 Å². The molecule has 9 aromatic rings. The highest BCUT2D eigenvalue weighted by Crippen LogP contribution is 2.53. The van der Waals surface area contributed by atoms with Crippen molar-refractivity contribution in [2.75, 3.05) is 0 Å². The Morgan fingerprint density at radius 1 is 0.483 bits per heavy atom. The zero-order valence-corrected chi connectivity index (χ0v) is 33.2. The Bertz CT molecular complexity index is 3130. The van der Waals surface area contributed by atoms with Gasteiger partial charge in [0.15, 0.2) is 0 Å². The quantitative estimate of drug-likeness (QED) is 0.160. The van der Waals surface area contributed by atoms with Crippen LogP contribution in [0.25, 0.3) is 94.6 Å². The summed E-state index contributed by atoms with van der Waals surface area (Å²) in [5.74, 6) is 0. The highest BCUT2D eigenvalue weighted by Gasteiger charge is 2.36. The molecule has 0 radical (unpaired) electrons. The zero-order valence-electron chi connectivity index (χ0n) is 33.2. The van der Waals surface area contributed by atoms with Gasteiger partial charge in [0, 0.05) is 21.8 Å². The van der Waals surface area contributed by atoms with E-state index in [0.29, 0.717) is 0 Å². The van der Waals surface area contributed by atoms with Crippen LogP contribution in [0.5, 0.6) is 0 Å². The first-order valence-electron chi connectivity index (χ1n) is 20.6. The second kappa shape index (κ2) is 13.4. The van der Waals surface area contributed by atoms with Gasteiger partial charge >= 0.3 is 0 Å². The molecule has 1 nitrogen and oxygen atoms in total. The third kappa shape index (κ3) is 5.41. The van der Waals surface area contributed by atoms with E-state index in [-0.39, 0.29) is 5.41 Å². The van der Waals surface area contributed by atoms with Crippen molar-refractivity contribution in [2.45, 2.75) is 39.0 Å². The van der Waals surface area contributed by atoms with Gasteiger partial charge in [0.25, 0.3) is 0 Å². The number of allylic oxidation sites excluding steroid dienone is 1. The van der Waals surface area contributed by atoms with Crippen LogP contribution >= 0.6 is 0 Å². The first kappa shape index (κ1) is 34.4. The summed E-state index contributed by atoms with van der Waals surface area (Å²) >= 11 is 0. The Labute approximate surface area is 341 Å². The average Bonchev–Trinajstić information content (AvgIpc) is 3.50. The number of pyridine rings is 1. The molecule has 0 N–H and O–H groups in total. The van der Waals surface area contributed by atoms with E-state index in [9.17, 15) is 0 Å². The Kier molecular flexibility index (Phi) is 7.95. The molecule has 0 aliphatic heterocycles. The van der Waals surface area contributed by atoms with Crippen molar-refractivity contribution >= 4 is 27.8 Å². The van der Waals surface area contributed by atoms with Crippen LogP contribution in [0.1, 0.15) is 48.1 Å². The Morgan fingerprint density at radius 3 is 1.93 bits per heavy atom. The monoisotopic (exact) mass is 741 g/mol. The standard InChI is InChI=1S/C57H43N/c1-36-54(40-19-8-5-9-20-40)50(35-49(38-15-6-4-7-16-38)55(36)48-24-14-21-37-17-10-12-22-44(37)48)42-27-30-46-47-31-28-43(34-52(47)57(2,3)51(46)33-42)53-32-29-41-26-25-39-18-11-13-23-45(39)56(41)58-53/h4-11,13-21,23-35H,12,22H2,1-3H3. The van der Waals surface area contributed by atoms with Gasteiger partial charge in [-0.05, 0) is 133 Å². The van der Waals surface area contributed by atoms with E-state index < -0.39 is 0 Å². The predicted molar refractivity (Wildman–Crippen MR) is 246 cm³/mol. The highest BCUT2D eigenvalue weighted by atomic mass is 14.7. The van der Waals surface area contributed by atoms with Crippen LogP contribution in [0.4, 0.5) is 0 Å². The fourth-order valence-electron chi connectivity index (χ4n) is 10.0. The van der Waals surface area contributed by atoms with Crippen LogP contribution < -0.4 is 0 Å². The Hall–Kier alpha value is -6.83. The molecule has 0 saturated carbocycles. The van der Waals surface area contributed by atoms with Crippen LogP contribution in [0.3, 0.4) is 0 Å². The minimum Gasteiger partial charge on any atom is -0.247 e. The molecule has 0 amide bonds. The number of hydrogen-bond donors (Lipinski definition) is 0. The molecule has 0 bridgehead atoms. The van der Waals surface area contributed by atoms with Gasteiger partial charge in [-0.3, -0.25) is 0 Å². The van der Waals surface area contributed by atoms with Gasteiger partial charge in [0.05, 0.1) is 11.2 Å². The molecular weight excluding hydrogens is 699 g/mol. The third-order valence-corrected chi connectivity index (χ3v) is 12.9. The lowest BCUT2D eigenvalue weighted by atomic mass is 9.78. The maximum Gasteiger partial charge on any atom is 0.0787 e. The number of benzene rings is 8. The summed E-state index contributed by atoms with van der Waals surface area (Å²) in [5, 5.41) is 3.57. The minimum atomic E-state index is -0.207. The normalized spacial score (nSPS) is 13.7. The van der Waals surface area contributed by atoms with Crippen molar-refractivity contribution in [3.8, 4) is 66.9 Å². The topological polar surface area (TPSA) is 12.9 Å². The summed E-state index contributed by atoms with van der Waals surface area (Å²) in [6.07, 6.45) is 6.73. The number of hydrogen-bond acceptors (Lipinski definition) is 1. The third-order valence-electron chi connectivity index (χ3n) is 12.9. The maximum atomic E-state index is 5.28. The molecule has 2 aliphatic carbocycles. The van der Waals surface area contributed by atoms with Crippen LogP contribution in [-0.4, -0.2) is 4.98 Å². The number of nitrogens with zero attached hydrogens (tertiary/aromatic N) is 1. The van der Waals surface area contributed by atoms with Gasteiger partial charge in [-0.25, -0.2) is 4.98 Å². The molecule has 1 heteroatoms. The van der Waals surface area contributed by atoms with Gasteiger partial charge in [0.1, 0.15) is 0 Å². The molecule has 276 valence electrons. The van der Waals surface area contributed by atoms with E-state index in [1.807, 2.05) is 0 Å². The van der Waals surface area contributed by atoms with Crippen LogP contribution in [0, 0.1) is 6.92 Å². The summed E-state index contributed by atoms with van der Waals surface area (Å²) in [5.41, 5.74) is 22.7. The van der Waals surface area contributed by atoms with E-state index in [0.717, 1.165) is 35.0 Å². The molecular formula is C57H43N. The van der Waals surface area contributed by atoms with E-state index in [1.165, 1.54) is 94.2 Å². The van der Waals surface area contributed by atoms with E-state index >= 15 is 0 Å². The van der Waals surface area contributed by atoms with Gasteiger partial charge < -0.3 is 0 Å². The van der Waals surface area contributed by atoms with Gasteiger partial charge in [-0.15, -0.1) is 0 Å². The van der Waals surface area contributed by atoms with Crippen molar-refractivity contribution in [1.29, 1.82) is 0 Å². The highest BCUT2D eigenvalue weighted by molar-refractivity contribution is 6.06. The second-order valence-corrected chi connectivity index (χ2v) is 16.6. The maximum absolute atomic E-state index is 5.28. The smallest absolute Gasteiger partial charge is 0.0787 e. The molecule has 58 heavy (non-hydrogen) atoms. The number of aromatic nitrogens is 1. The summed E-state index contributed by atoms with van der Waals surface area (Å²) in [4.78, 5) is 5.28. The van der Waals surface area contributed by atoms with Crippen molar-refractivity contribution in [3.05, 3.63) is 204 Å². The number of fused-ring (bicyclic) bond motifs is 7. The second-order valence-electron chi connectivity index (χ2n) is 16.6. The molecule has 0 spiro atoms. The average molecular weight is 742 g/mol. The van der Waals surface area contributed by atoms with Crippen molar-refractivity contribution in [1.82, 2.24) is 4.98 Å². The van der Waals surface area contributed by atoms with E-state index in [2.05, 4.69) is 203 Å². The Morgan fingerprint density at radius 2 is 1.14 bits per heavy atom. The molecule has 1 heterocycles. The van der Waals surface area contributed by atoms with Crippen LogP contribution in [-0.2, 0) is 11.8 Å². The van der Waals surface area contributed by atoms with Crippen LogP contribution in [0.15, 0.2) is 176 Å². The lowest BCUT2D eigenvalue weighted by Gasteiger charge is -2.26. The summed E-state index contributed by atoms with van der Waals surface area (Å²) in [6.45, 7) is 7.13. The van der Waals surface area contributed by atoms with Gasteiger partial charge in [-0.1, -0.05) is 172 Å². The summed E-state index contributed by atoms with van der Waals surface area (Å²) in [6, 6.07) is 62.9. The summed E-state index contributed by atoms with van der Waals surface area (Å²) in [7, 11) is 0. The fourth-order valence-corrected chi connectivity index (χ4v) is 10.0. The fraction of sp³-hybridized carbons (Fsp3) is 0.105. The molecule has 0 atom stereocenters. The number of rotatable bonds is 5. The Balaban J connectivity index is 1.09. The SMILES string of the molecule is Cc1c(-c2ccccc2)c(-c2ccc3c(c2)C(C)(C)c2cc(-c4ccc5ccc6ccccc6c5n4)ccc2-3)cc(-c2ccccc2)c1-c1cccc2c1CCC=C2. The van der Waals surface area contributed by atoms with Crippen LogP contribution in [0.2, 0.25) is 0 Å². The largest absolute Gasteiger partial charge is 0.247 e. The van der Waals surface area contributed by atoms with E-state index in [4.69, 9.17) is 4.98 Å². The van der Waals surface area contributed by atoms with Gasteiger partial charge in [-0.2, -0.15) is 0 Å². The predicted octanol–water partition coefficient (Wildman–Crippen LogP) is 15.3. The lowest BCUT2D eigenvalue weighted by molar-refractivity contribution is 0.661. The lowest BCUT2D eigenvalue weighted by Crippen LogP contribution is -2.15. The van der Waals surface area contributed by atoms with E-state index in [1.54, 1.807) is 0 Å². The zero-order chi connectivity index (χ0) is 39.0. The molecule has 0 saturated heterocycles. The van der Waals surface area contributed by atoms with Crippen molar-refractivity contribution in [2.24, 2.45) is 0 Å². The summed E-state index contributed by atoms with van der Waals surface area (Å²) < 4.78 is 0. The first-order chi connectivity index (χ1) is 28.4. The molecule has 2 aliphatic rings. The van der Waals surface area contributed by atoms with Crippen molar-refractivity contribution < 1.29 is 0 Å². The molecule has 1 aromatic heterocycles. The molecule has 11 rings (SSSR count).